The zero-order valence-electron chi connectivity index (χ0n) is 15.5. The van der Waals surface area contributed by atoms with Gasteiger partial charge in [-0.25, -0.2) is 15.0 Å². The minimum Gasteiger partial charge on any atom is -0.395 e. The van der Waals surface area contributed by atoms with Crippen LogP contribution in [-0.4, -0.2) is 38.2 Å². The Morgan fingerprint density at radius 1 is 1.25 bits per heavy atom. The molecule has 0 saturated heterocycles. The number of halogens is 1. The van der Waals surface area contributed by atoms with E-state index >= 15 is 0 Å². The normalized spacial score (nSPS) is 10.6. The number of hydrogen-bond acceptors (Lipinski definition) is 9. The van der Waals surface area contributed by atoms with Crippen molar-refractivity contribution >= 4 is 51.1 Å². The predicted octanol–water partition coefficient (Wildman–Crippen LogP) is 3.83. The van der Waals surface area contributed by atoms with E-state index in [-0.39, 0.29) is 6.61 Å². The molecule has 0 amide bonds. The molecule has 3 aromatic rings. The van der Waals surface area contributed by atoms with E-state index in [0.29, 0.717) is 39.9 Å². The lowest BCUT2D eigenvalue weighted by molar-refractivity contribution is 0.311. The highest BCUT2D eigenvalue weighted by atomic mass is 35.5. The van der Waals surface area contributed by atoms with Gasteiger partial charge >= 0.3 is 0 Å². The van der Waals surface area contributed by atoms with Gasteiger partial charge in [0.2, 0.25) is 0 Å². The molecule has 0 spiro atoms. The van der Waals surface area contributed by atoms with Crippen LogP contribution < -0.4 is 16.0 Å². The maximum absolute atomic E-state index is 8.94. The highest BCUT2D eigenvalue weighted by Crippen LogP contribution is 2.31. The number of thiazole rings is 1. The average molecular weight is 418 g/mol. The van der Waals surface area contributed by atoms with E-state index in [2.05, 4.69) is 42.5 Å². The lowest BCUT2D eigenvalue weighted by atomic mass is 10.3. The fourth-order valence-electron chi connectivity index (χ4n) is 2.39. The molecule has 0 atom stereocenters. The van der Waals surface area contributed by atoms with Crippen LogP contribution in [0.2, 0.25) is 5.02 Å². The van der Waals surface area contributed by atoms with E-state index < -0.39 is 0 Å². The maximum atomic E-state index is 8.94. The van der Waals surface area contributed by atoms with E-state index in [4.69, 9.17) is 16.7 Å². The highest BCUT2D eigenvalue weighted by molar-refractivity contribution is 7.16. The van der Waals surface area contributed by atoms with Gasteiger partial charge in [0, 0.05) is 25.0 Å². The number of aromatic nitrogens is 4. The van der Waals surface area contributed by atoms with E-state index in [9.17, 15) is 0 Å². The van der Waals surface area contributed by atoms with Crippen molar-refractivity contribution in [1.82, 2.24) is 19.9 Å². The molecule has 0 bridgehead atoms. The van der Waals surface area contributed by atoms with Crippen LogP contribution in [0.25, 0.3) is 5.70 Å². The SMILES string of the molecule is C=C(Nc1c(Cl)ccnc1C)c1cnc(Nc2cc(NCCO)nc(C)n2)s1. The molecule has 28 heavy (non-hydrogen) atoms. The van der Waals surface area contributed by atoms with Crippen LogP contribution in [0.3, 0.4) is 0 Å². The third-order valence-corrected chi connectivity index (χ3v) is 4.95. The van der Waals surface area contributed by atoms with Crippen LogP contribution in [0, 0.1) is 13.8 Å². The van der Waals surface area contributed by atoms with E-state index in [0.717, 1.165) is 16.3 Å². The Kier molecular flexibility index (Phi) is 6.40. The minimum atomic E-state index is 0.0250. The fourth-order valence-corrected chi connectivity index (χ4v) is 3.37. The van der Waals surface area contributed by atoms with E-state index in [1.54, 1.807) is 31.5 Å². The van der Waals surface area contributed by atoms with Crippen molar-refractivity contribution < 1.29 is 5.11 Å². The lowest BCUT2D eigenvalue weighted by Crippen LogP contribution is -2.08. The molecule has 146 valence electrons. The summed E-state index contributed by atoms with van der Waals surface area (Å²) in [7, 11) is 0. The second kappa shape index (κ2) is 8.96. The molecule has 3 aromatic heterocycles. The maximum Gasteiger partial charge on any atom is 0.188 e. The molecule has 0 aliphatic rings. The Morgan fingerprint density at radius 3 is 2.79 bits per heavy atom. The second-order valence-corrected chi connectivity index (χ2v) is 7.29. The quantitative estimate of drug-likeness (QED) is 0.438. The number of hydrogen-bond donors (Lipinski definition) is 4. The number of nitrogens with zero attached hydrogens (tertiary/aromatic N) is 4. The van der Waals surface area contributed by atoms with Gasteiger partial charge in [0.15, 0.2) is 5.13 Å². The van der Waals surface area contributed by atoms with Gasteiger partial charge in [0.25, 0.3) is 0 Å². The van der Waals surface area contributed by atoms with Crippen molar-refractivity contribution in [3.05, 3.63) is 52.5 Å². The Hall–Kier alpha value is -2.75. The van der Waals surface area contributed by atoms with Gasteiger partial charge in [-0.2, -0.15) is 0 Å². The number of aliphatic hydroxyl groups is 1. The summed E-state index contributed by atoms with van der Waals surface area (Å²) >= 11 is 7.66. The van der Waals surface area contributed by atoms with Crippen molar-refractivity contribution in [3.63, 3.8) is 0 Å². The summed E-state index contributed by atoms with van der Waals surface area (Å²) in [5, 5.41) is 19.6. The van der Waals surface area contributed by atoms with Gasteiger partial charge in [-0.05, 0) is 19.9 Å². The minimum absolute atomic E-state index is 0.0250. The van der Waals surface area contributed by atoms with Crippen LogP contribution in [0.15, 0.2) is 31.1 Å². The molecule has 8 nitrogen and oxygen atoms in total. The first-order valence-electron chi connectivity index (χ1n) is 8.47. The number of aryl methyl sites for hydroxylation is 2. The van der Waals surface area contributed by atoms with E-state index in [1.165, 1.54) is 11.3 Å². The molecular formula is C18H20ClN7OS. The topological polar surface area (TPSA) is 108 Å². The summed E-state index contributed by atoms with van der Waals surface area (Å²) in [5.74, 6) is 1.85. The summed E-state index contributed by atoms with van der Waals surface area (Å²) in [6.07, 6.45) is 3.38. The molecule has 0 aliphatic carbocycles. The molecule has 0 fully saturated rings. The lowest BCUT2D eigenvalue weighted by Gasteiger charge is -2.11. The molecule has 0 aromatic carbocycles. The zero-order valence-corrected chi connectivity index (χ0v) is 17.0. The molecule has 0 unspecified atom stereocenters. The Balaban J connectivity index is 1.72. The van der Waals surface area contributed by atoms with E-state index in [1.807, 2.05) is 6.92 Å². The van der Waals surface area contributed by atoms with Crippen LogP contribution in [0.4, 0.5) is 22.5 Å². The number of anilines is 4. The Morgan fingerprint density at radius 2 is 2.04 bits per heavy atom. The van der Waals surface area contributed by atoms with Crippen molar-refractivity contribution in [1.29, 1.82) is 0 Å². The smallest absolute Gasteiger partial charge is 0.188 e. The fraction of sp³-hybridized carbons (Fsp3) is 0.222. The zero-order chi connectivity index (χ0) is 20.1. The summed E-state index contributed by atoms with van der Waals surface area (Å²) in [6, 6.07) is 3.49. The van der Waals surface area contributed by atoms with Crippen LogP contribution in [-0.2, 0) is 0 Å². The van der Waals surface area contributed by atoms with Crippen LogP contribution >= 0.6 is 22.9 Å². The van der Waals surface area contributed by atoms with Crippen molar-refractivity contribution in [2.45, 2.75) is 13.8 Å². The third kappa shape index (κ3) is 4.94. The van der Waals surface area contributed by atoms with Gasteiger partial charge in [-0.15, -0.1) is 0 Å². The molecule has 0 radical (unpaired) electrons. The average Bonchev–Trinajstić information content (AvgIpc) is 3.11. The molecule has 10 heteroatoms. The monoisotopic (exact) mass is 417 g/mol. The molecular weight excluding hydrogens is 398 g/mol. The molecule has 4 N–H and O–H groups in total. The molecule has 3 heterocycles. The summed E-state index contributed by atoms with van der Waals surface area (Å²) in [4.78, 5) is 18.1. The van der Waals surface area contributed by atoms with Crippen LogP contribution in [0.5, 0.6) is 0 Å². The van der Waals surface area contributed by atoms with Crippen molar-refractivity contribution in [2.24, 2.45) is 0 Å². The predicted molar refractivity (Wildman–Crippen MR) is 114 cm³/mol. The number of nitrogens with one attached hydrogen (secondary N) is 3. The summed E-state index contributed by atoms with van der Waals surface area (Å²) < 4.78 is 0. The number of rotatable bonds is 8. The van der Waals surface area contributed by atoms with Crippen molar-refractivity contribution in [2.75, 3.05) is 29.1 Å². The molecule has 0 aliphatic heterocycles. The first-order valence-corrected chi connectivity index (χ1v) is 9.66. The Bertz CT molecular complexity index is 972. The van der Waals surface area contributed by atoms with Gasteiger partial charge < -0.3 is 21.1 Å². The van der Waals surface area contributed by atoms with Gasteiger partial charge in [-0.3, -0.25) is 4.98 Å². The second-order valence-electron chi connectivity index (χ2n) is 5.85. The summed E-state index contributed by atoms with van der Waals surface area (Å²) in [5.41, 5.74) is 2.19. The van der Waals surface area contributed by atoms with Gasteiger partial charge in [0.1, 0.15) is 17.5 Å². The number of pyridine rings is 1. The summed E-state index contributed by atoms with van der Waals surface area (Å²) in [6.45, 7) is 8.19. The third-order valence-electron chi connectivity index (χ3n) is 3.66. The highest BCUT2D eigenvalue weighted by Gasteiger charge is 2.11. The van der Waals surface area contributed by atoms with Crippen molar-refractivity contribution in [3.8, 4) is 0 Å². The molecule has 0 saturated carbocycles. The molecule has 3 rings (SSSR count). The first-order chi connectivity index (χ1) is 13.5. The standard InChI is InChI=1S/C18H20ClN7OS/c1-10(23-17-11(2)20-5-4-13(17)19)14-9-22-18(28-14)26-16-8-15(21-6-7-27)24-12(3)25-16/h4-5,8-9,23,27H,1,6-7H2,2-3H3,(H2,21,22,24,25,26). The van der Waals surface area contributed by atoms with Gasteiger partial charge in [-0.1, -0.05) is 29.5 Å². The van der Waals surface area contributed by atoms with Crippen LogP contribution in [0.1, 0.15) is 16.4 Å². The number of aliphatic hydroxyl groups excluding tert-OH is 1. The van der Waals surface area contributed by atoms with Gasteiger partial charge in [0.05, 0.1) is 33.6 Å². The largest absolute Gasteiger partial charge is 0.395 e. The Labute approximate surface area is 171 Å². The first kappa shape index (κ1) is 20.0.